The summed E-state index contributed by atoms with van der Waals surface area (Å²) in [4.78, 5) is 49.6. The second-order valence-corrected chi connectivity index (χ2v) is 10.0. The van der Waals surface area contributed by atoms with Crippen molar-refractivity contribution < 1.29 is 28.7 Å². The Morgan fingerprint density at radius 3 is 1.98 bits per heavy atom. The minimum atomic E-state index is -0.667. The van der Waals surface area contributed by atoms with Crippen molar-refractivity contribution >= 4 is 41.7 Å². The summed E-state index contributed by atoms with van der Waals surface area (Å²) in [5.41, 5.74) is 5.77. The molecule has 0 aliphatic carbocycles. The number of hydrazone groups is 1. The highest BCUT2D eigenvalue weighted by Gasteiger charge is 2.12. The summed E-state index contributed by atoms with van der Waals surface area (Å²) in [5, 5.41) is 6.75. The molecule has 0 radical (unpaired) electrons. The lowest BCUT2D eigenvalue weighted by atomic mass is 10.1. The highest BCUT2D eigenvalue weighted by molar-refractivity contribution is 5.97. The molecule has 2 N–H and O–H groups in total. The first kappa shape index (κ1) is 31.1. The molecule has 2 amide bonds. The molecule has 0 saturated carbocycles. The average Bonchev–Trinajstić information content (AvgIpc) is 3.02. The monoisotopic (exact) mass is 589 g/mol. The first-order valence-electron chi connectivity index (χ1n) is 13.8. The Morgan fingerprint density at radius 1 is 0.727 bits per heavy atom. The molecule has 44 heavy (non-hydrogen) atoms. The number of ether oxygens (including phenoxy) is 2. The van der Waals surface area contributed by atoms with Gasteiger partial charge in [0.15, 0.2) is 0 Å². The van der Waals surface area contributed by atoms with Gasteiger partial charge >= 0.3 is 11.9 Å². The molecule has 0 unspecified atom stereocenters. The normalized spacial score (nSPS) is 11.0. The number of aryl methyl sites for hydroxylation is 1. The van der Waals surface area contributed by atoms with Crippen LogP contribution in [0.5, 0.6) is 11.5 Å². The number of nitrogens with zero attached hydrogens (tertiary/aromatic N) is 1. The number of carbonyl (C=O) groups is 4. The van der Waals surface area contributed by atoms with E-state index in [0.29, 0.717) is 33.7 Å². The molecule has 0 atom stereocenters. The summed E-state index contributed by atoms with van der Waals surface area (Å²) < 4.78 is 11.1. The summed E-state index contributed by atoms with van der Waals surface area (Å²) in [6.45, 7) is 5.51. The number of carbonyl (C=O) groups excluding carboxylic acids is 4. The maximum atomic E-state index is 12.7. The van der Waals surface area contributed by atoms with E-state index in [9.17, 15) is 19.2 Å². The lowest BCUT2D eigenvalue weighted by Gasteiger charge is -2.08. The van der Waals surface area contributed by atoms with Crippen molar-refractivity contribution in [1.82, 2.24) is 5.43 Å². The zero-order chi connectivity index (χ0) is 31.5. The van der Waals surface area contributed by atoms with Crippen molar-refractivity contribution in [1.29, 1.82) is 0 Å². The Morgan fingerprint density at radius 2 is 1.32 bits per heavy atom. The van der Waals surface area contributed by atoms with Crippen LogP contribution in [0, 0.1) is 12.8 Å². The van der Waals surface area contributed by atoms with Crippen molar-refractivity contribution in [3.05, 3.63) is 131 Å². The Kier molecular flexibility index (Phi) is 10.5. The molecular weight excluding hydrogens is 558 g/mol. The predicted molar refractivity (Wildman–Crippen MR) is 169 cm³/mol. The smallest absolute Gasteiger partial charge is 0.343 e. The Hall–Kier alpha value is -5.83. The summed E-state index contributed by atoms with van der Waals surface area (Å²) >= 11 is 0. The van der Waals surface area contributed by atoms with Crippen molar-refractivity contribution in [3.63, 3.8) is 0 Å². The van der Waals surface area contributed by atoms with Gasteiger partial charge in [-0.1, -0.05) is 61.9 Å². The molecule has 9 nitrogen and oxygen atoms in total. The second-order valence-electron chi connectivity index (χ2n) is 10.0. The van der Waals surface area contributed by atoms with Gasteiger partial charge in [-0.2, -0.15) is 5.10 Å². The SMILES string of the molecule is Cc1ccc(C(=O)Oc2ccccc2/C=C/C(=O)Oc2ccccc2/C=N/NC(=O)c2ccc(NC(=O)C(C)C)cc2)cc1. The largest absolute Gasteiger partial charge is 0.423 e. The van der Waals surface area contributed by atoms with Gasteiger partial charge in [-0.05, 0) is 67.6 Å². The molecule has 0 saturated heterocycles. The van der Waals surface area contributed by atoms with Crippen LogP contribution in [0.2, 0.25) is 0 Å². The Balaban J connectivity index is 1.36. The van der Waals surface area contributed by atoms with Crippen LogP contribution in [0.1, 0.15) is 51.3 Å². The van der Waals surface area contributed by atoms with Crippen LogP contribution in [0.3, 0.4) is 0 Å². The third-order valence-electron chi connectivity index (χ3n) is 6.25. The van der Waals surface area contributed by atoms with Crippen molar-refractivity contribution in [2.75, 3.05) is 5.32 Å². The minimum absolute atomic E-state index is 0.120. The van der Waals surface area contributed by atoms with Crippen LogP contribution in [-0.4, -0.2) is 30.0 Å². The fourth-order valence-corrected chi connectivity index (χ4v) is 3.76. The number of nitrogens with one attached hydrogen (secondary N) is 2. The highest BCUT2D eigenvalue weighted by atomic mass is 16.5. The van der Waals surface area contributed by atoms with Gasteiger partial charge in [0.2, 0.25) is 5.91 Å². The summed E-state index contributed by atoms with van der Waals surface area (Å²) in [5.74, 6) is -1.40. The van der Waals surface area contributed by atoms with E-state index in [1.807, 2.05) is 19.1 Å². The van der Waals surface area contributed by atoms with Crippen LogP contribution >= 0.6 is 0 Å². The number of hydrogen-bond acceptors (Lipinski definition) is 7. The van der Waals surface area contributed by atoms with Gasteiger partial charge in [-0.25, -0.2) is 15.0 Å². The molecule has 0 heterocycles. The minimum Gasteiger partial charge on any atom is -0.423 e. The van der Waals surface area contributed by atoms with E-state index < -0.39 is 17.8 Å². The van der Waals surface area contributed by atoms with Gasteiger partial charge in [-0.15, -0.1) is 0 Å². The van der Waals surface area contributed by atoms with Crippen LogP contribution in [-0.2, 0) is 9.59 Å². The molecule has 4 aromatic rings. The molecule has 9 heteroatoms. The summed E-state index contributed by atoms with van der Waals surface area (Å²) in [6.07, 6.45) is 4.08. The van der Waals surface area contributed by atoms with E-state index in [4.69, 9.17) is 9.47 Å². The Bertz CT molecular complexity index is 1710. The molecule has 0 fully saturated rings. The molecular formula is C35H31N3O6. The number of esters is 2. The van der Waals surface area contributed by atoms with Crippen LogP contribution in [0.4, 0.5) is 5.69 Å². The molecule has 0 aliphatic rings. The molecule has 4 aromatic carbocycles. The van der Waals surface area contributed by atoms with Gasteiger partial charge in [-0.3, -0.25) is 9.59 Å². The number of hydrogen-bond donors (Lipinski definition) is 2. The molecule has 0 spiro atoms. The van der Waals surface area contributed by atoms with Gasteiger partial charge in [0.1, 0.15) is 11.5 Å². The first-order chi connectivity index (χ1) is 21.2. The van der Waals surface area contributed by atoms with E-state index in [2.05, 4.69) is 15.8 Å². The van der Waals surface area contributed by atoms with Gasteiger partial charge in [0.25, 0.3) is 5.91 Å². The topological polar surface area (TPSA) is 123 Å². The maximum Gasteiger partial charge on any atom is 0.343 e. The lowest BCUT2D eigenvalue weighted by Crippen LogP contribution is -2.19. The van der Waals surface area contributed by atoms with E-state index in [1.165, 1.54) is 18.4 Å². The third kappa shape index (κ3) is 8.83. The summed E-state index contributed by atoms with van der Waals surface area (Å²) in [6, 6.07) is 27.0. The van der Waals surface area contributed by atoms with Crippen molar-refractivity contribution in [3.8, 4) is 11.5 Å². The van der Waals surface area contributed by atoms with E-state index in [-0.39, 0.29) is 17.6 Å². The molecule has 4 rings (SSSR count). The molecule has 0 bridgehead atoms. The van der Waals surface area contributed by atoms with E-state index in [0.717, 1.165) is 5.56 Å². The van der Waals surface area contributed by atoms with Crippen LogP contribution in [0.15, 0.2) is 108 Å². The fourth-order valence-electron chi connectivity index (χ4n) is 3.76. The number of benzene rings is 4. The highest BCUT2D eigenvalue weighted by Crippen LogP contribution is 2.22. The van der Waals surface area contributed by atoms with Crippen molar-refractivity contribution in [2.24, 2.45) is 11.0 Å². The molecule has 0 aliphatic heterocycles. The maximum absolute atomic E-state index is 12.7. The molecule has 222 valence electrons. The quantitative estimate of drug-likeness (QED) is 0.0748. The lowest BCUT2D eigenvalue weighted by molar-refractivity contribution is -0.129. The second kappa shape index (κ2) is 14.9. The number of para-hydroxylation sites is 2. The van der Waals surface area contributed by atoms with Gasteiger partial charge in [0.05, 0.1) is 11.8 Å². The van der Waals surface area contributed by atoms with Crippen LogP contribution < -0.4 is 20.2 Å². The number of rotatable bonds is 10. The van der Waals surface area contributed by atoms with Crippen LogP contribution in [0.25, 0.3) is 6.08 Å². The van der Waals surface area contributed by atoms with E-state index >= 15 is 0 Å². The summed E-state index contributed by atoms with van der Waals surface area (Å²) in [7, 11) is 0. The van der Waals surface area contributed by atoms with E-state index in [1.54, 1.807) is 98.8 Å². The van der Waals surface area contributed by atoms with Gasteiger partial charge < -0.3 is 14.8 Å². The molecule has 0 aromatic heterocycles. The first-order valence-corrected chi connectivity index (χ1v) is 13.8. The number of anilines is 1. The average molecular weight is 590 g/mol. The fraction of sp³-hybridized carbons (Fsp3) is 0.114. The van der Waals surface area contributed by atoms with Crippen molar-refractivity contribution in [2.45, 2.75) is 20.8 Å². The van der Waals surface area contributed by atoms with Gasteiger partial charge in [0, 0.05) is 34.4 Å². The number of amides is 2. The Labute approximate surface area is 255 Å². The zero-order valence-electron chi connectivity index (χ0n) is 24.4. The third-order valence-corrected chi connectivity index (χ3v) is 6.25. The predicted octanol–water partition coefficient (Wildman–Crippen LogP) is 6.19. The zero-order valence-corrected chi connectivity index (χ0v) is 24.4. The standard InChI is InChI=1S/C35H31N3O6/c1-23(2)33(40)37-29-19-16-26(17-20-29)34(41)38-36-22-28-9-5-7-11-31(28)43-32(39)21-18-25-8-4-6-10-30(25)44-35(42)27-14-12-24(3)13-15-27/h4-23H,1-3H3,(H,37,40)(H,38,41)/b21-18+,36-22+.